The Balaban J connectivity index is 1.81. The average molecular weight is 365 g/mol. The van der Waals surface area contributed by atoms with E-state index in [0.717, 1.165) is 11.3 Å². The van der Waals surface area contributed by atoms with E-state index < -0.39 is 21.7 Å². The van der Waals surface area contributed by atoms with E-state index in [-0.39, 0.29) is 21.6 Å². The van der Waals surface area contributed by atoms with Crippen LogP contribution in [0.15, 0.2) is 51.6 Å². The summed E-state index contributed by atoms with van der Waals surface area (Å²) in [6, 6.07) is 10.9. The number of aliphatic carboxylic acids is 1. The highest BCUT2D eigenvalue weighted by molar-refractivity contribution is 7.93. The minimum Gasteiger partial charge on any atom is -0.481 e. The molecule has 1 aliphatic rings. The molecule has 2 aromatic rings. The number of likely N-dealkylation sites (tertiary alicyclic amines) is 1. The molecule has 0 saturated carbocycles. The maximum atomic E-state index is 12.5. The van der Waals surface area contributed by atoms with Crippen LogP contribution in [0.3, 0.4) is 0 Å². The number of carboxylic acids is 1. The van der Waals surface area contributed by atoms with Gasteiger partial charge in [0, 0.05) is 13.1 Å². The van der Waals surface area contributed by atoms with Crippen molar-refractivity contribution >= 4 is 33.1 Å². The van der Waals surface area contributed by atoms with Gasteiger partial charge in [0.1, 0.15) is 4.21 Å². The summed E-state index contributed by atoms with van der Waals surface area (Å²) in [6.07, 6.45) is 0.418. The minimum atomic E-state index is -3.65. The maximum Gasteiger partial charge on any atom is 0.308 e. The molecule has 1 fully saturated rings. The molecular weight excluding hydrogens is 350 g/mol. The normalized spacial score (nSPS) is 17.8. The van der Waals surface area contributed by atoms with Crippen molar-refractivity contribution in [1.82, 2.24) is 4.90 Å². The molecule has 6 nitrogen and oxygen atoms in total. The second-order valence-electron chi connectivity index (χ2n) is 5.51. The van der Waals surface area contributed by atoms with Gasteiger partial charge in [0.05, 0.1) is 15.7 Å². The van der Waals surface area contributed by atoms with Crippen LogP contribution >= 0.6 is 11.3 Å². The zero-order chi connectivity index (χ0) is 17.3. The molecule has 1 saturated heterocycles. The second kappa shape index (κ2) is 6.37. The first-order valence-corrected chi connectivity index (χ1v) is 9.61. The molecule has 1 aromatic heterocycles. The summed E-state index contributed by atoms with van der Waals surface area (Å²) in [6.45, 7) is 0.529. The molecule has 0 radical (unpaired) electrons. The molecule has 1 amide bonds. The Morgan fingerprint density at radius 2 is 1.83 bits per heavy atom. The summed E-state index contributed by atoms with van der Waals surface area (Å²) in [7, 11) is -3.65. The lowest BCUT2D eigenvalue weighted by Gasteiger charge is -2.14. The maximum absolute atomic E-state index is 12.5. The summed E-state index contributed by atoms with van der Waals surface area (Å²) in [5.74, 6) is -1.79. The van der Waals surface area contributed by atoms with Gasteiger partial charge in [-0.2, -0.15) is 0 Å². The van der Waals surface area contributed by atoms with Crippen LogP contribution in [0.5, 0.6) is 0 Å². The lowest BCUT2D eigenvalue weighted by atomic mass is 10.1. The van der Waals surface area contributed by atoms with Crippen molar-refractivity contribution in [2.24, 2.45) is 5.92 Å². The van der Waals surface area contributed by atoms with E-state index in [0.29, 0.717) is 17.8 Å². The SMILES string of the molecule is O=C(O)[C@H]1CCN(C(=O)c2ccc(S(=O)(=O)c3ccccc3)s2)C1. The van der Waals surface area contributed by atoms with Gasteiger partial charge in [-0.15, -0.1) is 11.3 Å². The Labute approximate surface area is 143 Å². The average Bonchev–Trinajstić information content (AvgIpc) is 3.25. The molecule has 1 aromatic carbocycles. The number of thiophene rings is 1. The smallest absolute Gasteiger partial charge is 0.308 e. The number of sulfone groups is 1. The largest absolute Gasteiger partial charge is 0.481 e. The molecule has 24 heavy (non-hydrogen) atoms. The van der Waals surface area contributed by atoms with Gasteiger partial charge in [0.25, 0.3) is 5.91 Å². The highest BCUT2D eigenvalue weighted by atomic mass is 32.2. The van der Waals surface area contributed by atoms with Crippen LogP contribution in [0.25, 0.3) is 0 Å². The molecule has 0 bridgehead atoms. The third kappa shape index (κ3) is 3.07. The topological polar surface area (TPSA) is 91.8 Å². The quantitative estimate of drug-likeness (QED) is 0.896. The van der Waals surface area contributed by atoms with Crippen LogP contribution in [0.2, 0.25) is 0 Å². The first-order chi connectivity index (χ1) is 11.4. The van der Waals surface area contributed by atoms with Crippen molar-refractivity contribution in [2.45, 2.75) is 15.5 Å². The van der Waals surface area contributed by atoms with E-state index in [1.54, 1.807) is 18.2 Å². The van der Waals surface area contributed by atoms with Gasteiger partial charge in [0.2, 0.25) is 9.84 Å². The molecule has 8 heteroatoms. The summed E-state index contributed by atoms with van der Waals surface area (Å²) in [5, 5.41) is 9.01. The van der Waals surface area contributed by atoms with E-state index >= 15 is 0 Å². The van der Waals surface area contributed by atoms with Crippen molar-refractivity contribution in [3.8, 4) is 0 Å². The Kier molecular flexibility index (Phi) is 4.42. The molecule has 3 rings (SSSR count). The number of carboxylic acid groups (broad SMARTS) is 1. The zero-order valence-electron chi connectivity index (χ0n) is 12.6. The van der Waals surface area contributed by atoms with E-state index in [1.807, 2.05) is 0 Å². The number of carbonyl (C=O) groups is 2. The summed E-state index contributed by atoms with van der Waals surface area (Å²) in [5.41, 5.74) is 0. The van der Waals surface area contributed by atoms with Crippen molar-refractivity contribution in [1.29, 1.82) is 0 Å². The number of amides is 1. The molecule has 1 N–H and O–H groups in total. The van der Waals surface area contributed by atoms with Gasteiger partial charge in [0.15, 0.2) is 0 Å². The van der Waals surface area contributed by atoms with Gasteiger partial charge in [-0.3, -0.25) is 9.59 Å². The first kappa shape index (κ1) is 16.7. The van der Waals surface area contributed by atoms with Gasteiger partial charge in [-0.05, 0) is 30.7 Å². The van der Waals surface area contributed by atoms with Crippen LogP contribution in [0.1, 0.15) is 16.1 Å². The predicted octanol–water partition coefficient (Wildman–Crippen LogP) is 2.13. The molecule has 0 aliphatic carbocycles. The van der Waals surface area contributed by atoms with E-state index in [2.05, 4.69) is 0 Å². The minimum absolute atomic E-state index is 0.103. The number of benzene rings is 1. The predicted molar refractivity (Wildman–Crippen MR) is 87.9 cm³/mol. The van der Waals surface area contributed by atoms with Gasteiger partial charge < -0.3 is 10.0 Å². The van der Waals surface area contributed by atoms with Crippen molar-refractivity contribution in [3.63, 3.8) is 0 Å². The molecule has 126 valence electrons. The van der Waals surface area contributed by atoms with Gasteiger partial charge in [-0.25, -0.2) is 8.42 Å². The fourth-order valence-corrected chi connectivity index (χ4v) is 5.29. The van der Waals surface area contributed by atoms with Crippen LogP contribution < -0.4 is 0 Å². The van der Waals surface area contributed by atoms with Crippen LogP contribution in [-0.2, 0) is 14.6 Å². The molecular formula is C16H15NO5S2. The van der Waals surface area contributed by atoms with Crippen molar-refractivity contribution in [2.75, 3.05) is 13.1 Å². The van der Waals surface area contributed by atoms with Gasteiger partial charge >= 0.3 is 5.97 Å². The van der Waals surface area contributed by atoms with E-state index in [1.165, 1.54) is 29.2 Å². The van der Waals surface area contributed by atoms with Crippen molar-refractivity contribution < 1.29 is 23.1 Å². The fraction of sp³-hybridized carbons (Fsp3) is 0.250. The Morgan fingerprint density at radius 3 is 2.46 bits per heavy atom. The molecule has 0 unspecified atom stereocenters. The highest BCUT2D eigenvalue weighted by Gasteiger charge is 2.32. The summed E-state index contributed by atoms with van der Waals surface area (Å²) in [4.78, 5) is 25.4. The highest BCUT2D eigenvalue weighted by Crippen LogP contribution is 2.29. The fourth-order valence-electron chi connectivity index (χ4n) is 2.60. The van der Waals surface area contributed by atoms with Crippen molar-refractivity contribution in [3.05, 3.63) is 47.3 Å². The summed E-state index contributed by atoms with van der Waals surface area (Å²) < 4.78 is 25.2. The number of rotatable bonds is 4. The third-order valence-electron chi connectivity index (χ3n) is 3.94. The molecule has 0 spiro atoms. The molecule has 1 atom stereocenters. The monoisotopic (exact) mass is 365 g/mol. The van der Waals surface area contributed by atoms with E-state index in [9.17, 15) is 18.0 Å². The Bertz CT molecular complexity index is 873. The Hall–Kier alpha value is -2.19. The number of hydrogen-bond acceptors (Lipinski definition) is 5. The Morgan fingerprint density at radius 1 is 1.12 bits per heavy atom. The van der Waals surface area contributed by atoms with Crippen LogP contribution in [0.4, 0.5) is 0 Å². The lowest BCUT2D eigenvalue weighted by Crippen LogP contribution is -2.29. The summed E-state index contributed by atoms with van der Waals surface area (Å²) >= 11 is 0.913. The third-order valence-corrected chi connectivity index (χ3v) is 7.27. The van der Waals surface area contributed by atoms with Crippen LogP contribution in [-0.4, -0.2) is 43.4 Å². The lowest BCUT2D eigenvalue weighted by molar-refractivity contribution is -0.141. The van der Waals surface area contributed by atoms with E-state index in [4.69, 9.17) is 5.11 Å². The standard InChI is InChI=1S/C16H15NO5S2/c18-15(17-9-8-11(10-17)16(19)20)13-6-7-14(23-13)24(21,22)12-4-2-1-3-5-12/h1-7,11H,8-10H2,(H,19,20)/t11-/m0/s1. The number of carbonyl (C=O) groups excluding carboxylic acids is 1. The van der Waals surface area contributed by atoms with Gasteiger partial charge in [-0.1, -0.05) is 18.2 Å². The van der Waals surface area contributed by atoms with Crippen LogP contribution in [0, 0.1) is 5.92 Å². The zero-order valence-corrected chi connectivity index (χ0v) is 14.2. The first-order valence-electron chi connectivity index (χ1n) is 7.31. The number of nitrogens with zero attached hydrogens (tertiary/aromatic N) is 1. The molecule has 1 aliphatic heterocycles. The second-order valence-corrected chi connectivity index (χ2v) is 8.77. The molecule has 2 heterocycles. The number of hydrogen-bond donors (Lipinski definition) is 1.